The number of allylic oxidation sites excluding steroid dienone is 1. The third-order valence-electron chi connectivity index (χ3n) is 2.21. The lowest BCUT2D eigenvalue weighted by atomic mass is 10.1. The highest BCUT2D eigenvalue weighted by Gasteiger charge is 2.05. The maximum Gasteiger partial charge on any atom is 0.151 e. The Balaban J connectivity index is 3.36. The molecule has 14 heavy (non-hydrogen) atoms. The van der Waals surface area contributed by atoms with Crippen molar-refractivity contribution in [2.45, 2.75) is 20.8 Å². The molecule has 0 aliphatic heterocycles. The molecule has 0 bridgehead atoms. The van der Waals surface area contributed by atoms with Gasteiger partial charge < -0.3 is 0 Å². The molecule has 3 heteroatoms. The van der Waals surface area contributed by atoms with Gasteiger partial charge >= 0.3 is 0 Å². The first kappa shape index (κ1) is 10.7. The summed E-state index contributed by atoms with van der Waals surface area (Å²) in [6.45, 7) is 10.2. The van der Waals surface area contributed by atoms with E-state index >= 15 is 0 Å². The molecule has 0 N–H and O–H groups in total. The quantitative estimate of drug-likeness (QED) is 0.701. The van der Waals surface area contributed by atoms with E-state index < -0.39 is 0 Å². The minimum absolute atomic E-state index is 0.370. The molecule has 0 amide bonds. The van der Waals surface area contributed by atoms with Gasteiger partial charge in [-0.3, -0.25) is 4.99 Å². The van der Waals surface area contributed by atoms with E-state index in [2.05, 4.69) is 30.5 Å². The Labute approximate surface area is 84.8 Å². The maximum atomic E-state index is 4.25. The van der Waals surface area contributed by atoms with E-state index in [1.165, 1.54) is 0 Å². The van der Waals surface area contributed by atoms with Crippen molar-refractivity contribution in [3.63, 3.8) is 0 Å². The second-order valence-electron chi connectivity index (χ2n) is 3.62. The van der Waals surface area contributed by atoms with E-state index in [1.54, 1.807) is 17.9 Å². The van der Waals surface area contributed by atoms with Crippen LogP contribution in [-0.4, -0.2) is 16.8 Å². The van der Waals surface area contributed by atoms with Gasteiger partial charge in [-0.05, 0) is 24.5 Å². The number of nitrogens with zero attached hydrogens (tertiary/aromatic N) is 3. The molecule has 0 spiro atoms. The number of rotatable bonds is 2. The normalized spacial score (nSPS) is 12.2. The largest absolute Gasteiger partial charge is 0.270 e. The van der Waals surface area contributed by atoms with Gasteiger partial charge in [0.05, 0.1) is 0 Å². The highest BCUT2D eigenvalue weighted by molar-refractivity contribution is 5.41. The molecule has 0 radical (unpaired) electrons. The third-order valence-corrected chi connectivity index (χ3v) is 2.21. The van der Waals surface area contributed by atoms with E-state index in [0.29, 0.717) is 5.92 Å². The molecule has 0 unspecified atom stereocenters. The van der Waals surface area contributed by atoms with Gasteiger partial charge in [0.15, 0.2) is 5.49 Å². The molecule has 1 heterocycles. The van der Waals surface area contributed by atoms with Crippen LogP contribution in [0.2, 0.25) is 0 Å². The standard InChI is InChI=1S/C11H17N3/c1-8(2)10(4)14-11(12-5)9(3)6-7-13-14/h6-8H,4H2,1-3,5H3. The highest BCUT2D eigenvalue weighted by Crippen LogP contribution is 2.09. The second kappa shape index (κ2) is 4.22. The average Bonchev–Trinajstić information content (AvgIpc) is 2.16. The van der Waals surface area contributed by atoms with Crippen LogP contribution in [0, 0.1) is 12.8 Å². The Hall–Kier alpha value is -1.38. The van der Waals surface area contributed by atoms with Crippen molar-refractivity contribution in [1.82, 2.24) is 9.78 Å². The van der Waals surface area contributed by atoms with Crippen molar-refractivity contribution in [3.05, 3.63) is 29.9 Å². The maximum absolute atomic E-state index is 4.25. The van der Waals surface area contributed by atoms with E-state index in [0.717, 1.165) is 16.7 Å². The molecular formula is C11H17N3. The predicted octanol–water partition coefficient (Wildman–Crippen LogP) is 1.85. The number of aryl methyl sites for hydroxylation is 1. The van der Waals surface area contributed by atoms with Crippen LogP contribution in [0.5, 0.6) is 0 Å². The minimum atomic E-state index is 0.370. The zero-order chi connectivity index (χ0) is 10.7. The molecule has 0 fully saturated rings. The summed E-state index contributed by atoms with van der Waals surface area (Å²) in [5, 5.41) is 4.25. The molecule has 0 aliphatic rings. The third kappa shape index (κ3) is 1.92. The molecule has 0 saturated carbocycles. The molecule has 1 aromatic rings. The monoisotopic (exact) mass is 191 g/mol. The SMILES string of the molecule is C=C(C(C)C)n1nccc(C)c1=NC. The summed E-state index contributed by atoms with van der Waals surface area (Å²) in [6, 6.07) is 1.95. The zero-order valence-corrected chi connectivity index (χ0v) is 9.28. The van der Waals surface area contributed by atoms with Gasteiger partial charge in [0.2, 0.25) is 0 Å². The molecule has 0 saturated heterocycles. The Bertz CT molecular complexity index is 399. The Kier molecular flexibility index (Phi) is 3.23. The van der Waals surface area contributed by atoms with E-state index in [-0.39, 0.29) is 0 Å². The molecule has 0 atom stereocenters. The van der Waals surface area contributed by atoms with Crippen LogP contribution in [0.15, 0.2) is 23.8 Å². The van der Waals surface area contributed by atoms with E-state index in [1.807, 2.05) is 13.0 Å². The molecule has 0 aromatic carbocycles. The number of aromatic nitrogens is 2. The fraction of sp³-hybridized carbons (Fsp3) is 0.455. The summed E-state index contributed by atoms with van der Waals surface area (Å²) in [4.78, 5) is 4.21. The van der Waals surface area contributed by atoms with Gasteiger partial charge in [-0.15, -0.1) is 0 Å². The first-order chi connectivity index (χ1) is 6.57. The van der Waals surface area contributed by atoms with Gasteiger partial charge in [0, 0.05) is 18.9 Å². The summed E-state index contributed by atoms with van der Waals surface area (Å²) in [7, 11) is 1.77. The van der Waals surface area contributed by atoms with Crippen molar-refractivity contribution in [1.29, 1.82) is 0 Å². The van der Waals surface area contributed by atoms with Crippen molar-refractivity contribution in [3.8, 4) is 0 Å². The molecule has 0 aliphatic carbocycles. The van der Waals surface area contributed by atoms with Crippen LogP contribution < -0.4 is 5.49 Å². The smallest absolute Gasteiger partial charge is 0.151 e. The first-order valence-corrected chi connectivity index (χ1v) is 4.75. The highest BCUT2D eigenvalue weighted by atomic mass is 15.3. The molecular weight excluding hydrogens is 174 g/mol. The first-order valence-electron chi connectivity index (χ1n) is 4.75. The van der Waals surface area contributed by atoms with Crippen LogP contribution >= 0.6 is 0 Å². The lowest BCUT2D eigenvalue weighted by Crippen LogP contribution is -2.26. The van der Waals surface area contributed by atoms with Crippen molar-refractivity contribution >= 4 is 5.70 Å². The van der Waals surface area contributed by atoms with E-state index in [9.17, 15) is 0 Å². The summed E-state index contributed by atoms with van der Waals surface area (Å²) in [6.07, 6.45) is 1.78. The fourth-order valence-electron chi connectivity index (χ4n) is 1.23. The Morgan fingerprint density at radius 1 is 1.57 bits per heavy atom. The van der Waals surface area contributed by atoms with E-state index in [4.69, 9.17) is 0 Å². The summed E-state index contributed by atoms with van der Waals surface area (Å²) >= 11 is 0. The second-order valence-corrected chi connectivity index (χ2v) is 3.62. The predicted molar refractivity (Wildman–Crippen MR) is 58.6 cm³/mol. The zero-order valence-electron chi connectivity index (χ0n) is 9.28. The summed E-state index contributed by atoms with van der Waals surface area (Å²) in [5.74, 6) is 0.370. The van der Waals surface area contributed by atoms with Gasteiger partial charge in [-0.2, -0.15) is 5.10 Å². The van der Waals surface area contributed by atoms with Crippen LogP contribution in [0.1, 0.15) is 19.4 Å². The molecule has 1 rings (SSSR count). The van der Waals surface area contributed by atoms with Crippen molar-refractivity contribution in [2.75, 3.05) is 7.05 Å². The number of hydrogen-bond donors (Lipinski definition) is 0. The Morgan fingerprint density at radius 2 is 2.21 bits per heavy atom. The van der Waals surface area contributed by atoms with Crippen LogP contribution in [0.3, 0.4) is 0 Å². The lowest BCUT2D eigenvalue weighted by molar-refractivity contribution is 0.698. The van der Waals surface area contributed by atoms with Crippen LogP contribution in [0.4, 0.5) is 0 Å². The Morgan fingerprint density at radius 3 is 2.71 bits per heavy atom. The van der Waals surface area contributed by atoms with Gasteiger partial charge in [0.1, 0.15) is 0 Å². The lowest BCUT2D eigenvalue weighted by Gasteiger charge is -2.13. The minimum Gasteiger partial charge on any atom is -0.270 e. The van der Waals surface area contributed by atoms with Gasteiger partial charge in [0.25, 0.3) is 0 Å². The molecule has 1 aromatic heterocycles. The summed E-state index contributed by atoms with van der Waals surface area (Å²) in [5.41, 5.74) is 2.96. The topological polar surface area (TPSA) is 30.2 Å². The van der Waals surface area contributed by atoms with Gasteiger partial charge in [-0.25, -0.2) is 4.68 Å². The van der Waals surface area contributed by atoms with Crippen molar-refractivity contribution < 1.29 is 0 Å². The summed E-state index contributed by atoms with van der Waals surface area (Å²) < 4.78 is 1.81. The van der Waals surface area contributed by atoms with Crippen LogP contribution in [-0.2, 0) is 0 Å². The molecule has 3 nitrogen and oxygen atoms in total. The fourth-order valence-corrected chi connectivity index (χ4v) is 1.23. The number of hydrogen-bond acceptors (Lipinski definition) is 2. The van der Waals surface area contributed by atoms with Crippen molar-refractivity contribution in [2.24, 2.45) is 10.9 Å². The molecule has 76 valence electrons. The van der Waals surface area contributed by atoms with Crippen LogP contribution in [0.25, 0.3) is 5.70 Å². The average molecular weight is 191 g/mol. The van der Waals surface area contributed by atoms with Gasteiger partial charge in [-0.1, -0.05) is 20.4 Å².